The van der Waals surface area contributed by atoms with Gasteiger partial charge in [-0.05, 0) is 30.3 Å². The molecule has 1 N–H and O–H groups in total. The summed E-state index contributed by atoms with van der Waals surface area (Å²) in [5.41, 5.74) is -0.128. The fourth-order valence-electron chi connectivity index (χ4n) is 1.64. The van der Waals surface area contributed by atoms with Crippen molar-refractivity contribution in [2.45, 2.75) is 4.90 Å². The van der Waals surface area contributed by atoms with Gasteiger partial charge in [0, 0.05) is 5.02 Å². The molecule has 2 rings (SSSR count). The Morgan fingerprint density at radius 1 is 1.10 bits per heavy atom. The van der Waals surface area contributed by atoms with Crippen molar-refractivity contribution >= 4 is 45.0 Å². The highest BCUT2D eigenvalue weighted by atomic mass is 35.5. The first-order valence-corrected chi connectivity index (χ1v) is 7.73. The lowest BCUT2D eigenvalue weighted by molar-refractivity contribution is 0.102. The minimum Gasteiger partial charge on any atom is -0.321 e. The van der Waals surface area contributed by atoms with Crippen molar-refractivity contribution in [3.05, 3.63) is 58.1 Å². The summed E-state index contributed by atoms with van der Waals surface area (Å²) < 4.78 is 35.2. The minimum atomic E-state index is -4.95. The second-order valence-corrected chi connectivity index (χ2v) is 6.17. The Hall–Kier alpha value is -1.63. The number of nitrogens with one attached hydrogen (secondary N) is 1. The number of rotatable bonds is 3. The zero-order valence-electron chi connectivity index (χ0n) is 10.3. The van der Waals surface area contributed by atoms with Crippen LogP contribution in [-0.4, -0.2) is 14.3 Å². The van der Waals surface area contributed by atoms with Crippen molar-refractivity contribution in [2.24, 2.45) is 0 Å². The van der Waals surface area contributed by atoms with E-state index in [1.54, 1.807) is 0 Å². The standard InChI is InChI=1S/C13H8Cl2FNO3S/c14-8-5-6-10(15)9(7-8)13(18)17-11-3-1-2-4-12(11)21(16,19)20/h1-7H,(H,17,18). The molecular weight excluding hydrogens is 340 g/mol. The molecule has 0 aromatic heterocycles. The number of para-hydroxylation sites is 1. The molecule has 0 unspecified atom stereocenters. The molecule has 2 aromatic rings. The lowest BCUT2D eigenvalue weighted by Gasteiger charge is -2.09. The Morgan fingerprint density at radius 2 is 1.76 bits per heavy atom. The van der Waals surface area contributed by atoms with E-state index in [1.165, 1.54) is 36.4 Å². The highest BCUT2D eigenvalue weighted by Gasteiger charge is 2.19. The number of hydrogen-bond donors (Lipinski definition) is 1. The summed E-state index contributed by atoms with van der Waals surface area (Å²) in [6.07, 6.45) is 0. The summed E-state index contributed by atoms with van der Waals surface area (Å²) in [7, 11) is -4.95. The van der Waals surface area contributed by atoms with Gasteiger partial charge in [0.05, 0.1) is 16.3 Å². The Morgan fingerprint density at radius 3 is 2.43 bits per heavy atom. The molecule has 0 atom stereocenters. The molecule has 21 heavy (non-hydrogen) atoms. The molecule has 0 spiro atoms. The molecule has 0 saturated carbocycles. The minimum absolute atomic E-state index is 0.0511. The number of halogens is 3. The third kappa shape index (κ3) is 3.72. The van der Waals surface area contributed by atoms with Gasteiger partial charge >= 0.3 is 10.2 Å². The van der Waals surface area contributed by atoms with Gasteiger partial charge in [-0.25, -0.2) is 0 Å². The van der Waals surface area contributed by atoms with Gasteiger partial charge in [0.2, 0.25) is 0 Å². The van der Waals surface area contributed by atoms with E-state index in [1.807, 2.05) is 0 Å². The average molecular weight is 348 g/mol. The van der Waals surface area contributed by atoms with Crippen LogP contribution in [0.25, 0.3) is 0 Å². The van der Waals surface area contributed by atoms with Gasteiger partial charge in [-0.15, -0.1) is 3.89 Å². The Kier molecular flexibility index (Phi) is 4.51. The van der Waals surface area contributed by atoms with Crippen LogP contribution >= 0.6 is 23.2 Å². The first kappa shape index (κ1) is 15.8. The lowest BCUT2D eigenvalue weighted by atomic mass is 10.2. The summed E-state index contributed by atoms with van der Waals surface area (Å²) in [4.78, 5) is 11.5. The van der Waals surface area contributed by atoms with Crippen LogP contribution in [0.1, 0.15) is 10.4 Å². The van der Waals surface area contributed by atoms with E-state index in [4.69, 9.17) is 23.2 Å². The van der Waals surface area contributed by atoms with E-state index in [9.17, 15) is 17.1 Å². The molecule has 2 aromatic carbocycles. The smallest absolute Gasteiger partial charge is 0.321 e. The summed E-state index contributed by atoms with van der Waals surface area (Å²) in [5.74, 6) is -0.696. The van der Waals surface area contributed by atoms with E-state index in [0.717, 1.165) is 6.07 Å². The molecule has 0 aliphatic rings. The number of anilines is 1. The monoisotopic (exact) mass is 347 g/mol. The summed E-state index contributed by atoms with van der Waals surface area (Å²) in [6, 6.07) is 9.37. The van der Waals surface area contributed by atoms with Crippen molar-refractivity contribution in [2.75, 3.05) is 5.32 Å². The molecule has 0 bridgehead atoms. The average Bonchev–Trinajstić information content (AvgIpc) is 2.41. The molecule has 0 saturated heterocycles. The van der Waals surface area contributed by atoms with E-state index in [2.05, 4.69) is 5.32 Å². The molecule has 0 aliphatic carbocycles. The van der Waals surface area contributed by atoms with Crippen LogP contribution in [0.15, 0.2) is 47.4 Å². The van der Waals surface area contributed by atoms with Crippen molar-refractivity contribution < 1.29 is 17.1 Å². The third-order valence-electron chi connectivity index (χ3n) is 2.57. The third-order valence-corrected chi connectivity index (χ3v) is 4.02. The zero-order chi connectivity index (χ0) is 15.6. The molecule has 0 heterocycles. The van der Waals surface area contributed by atoms with Gasteiger partial charge < -0.3 is 5.32 Å². The maximum atomic E-state index is 13.2. The van der Waals surface area contributed by atoms with Crippen LogP contribution in [0.3, 0.4) is 0 Å². The van der Waals surface area contributed by atoms with Crippen LogP contribution in [0, 0.1) is 0 Å². The molecule has 4 nitrogen and oxygen atoms in total. The molecule has 1 amide bonds. The summed E-state index contributed by atoms with van der Waals surface area (Å²) in [6.45, 7) is 0. The van der Waals surface area contributed by atoms with E-state index in [0.29, 0.717) is 0 Å². The maximum Gasteiger partial charge on any atom is 0.334 e. The Balaban J connectivity index is 2.39. The highest BCUT2D eigenvalue weighted by Crippen LogP contribution is 2.25. The summed E-state index contributed by atoms with van der Waals surface area (Å²) in [5, 5.41) is 2.72. The molecular formula is C13H8Cl2FNO3S. The number of benzene rings is 2. The van der Waals surface area contributed by atoms with Crippen LogP contribution in [0.5, 0.6) is 0 Å². The van der Waals surface area contributed by atoms with Crippen LogP contribution in [0.2, 0.25) is 10.0 Å². The van der Waals surface area contributed by atoms with Crippen molar-refractivity contribution in [1.82, 2.24) is 0 Å². The number of amides is 1. The first-order valence-electron chi connectivity index (χ1n) is 5.59. The van der Waals surface area contributed by atoms with Gasteiger partial charge in [-0.1, -0.05) is 35.3 Å². The molecule has 0 aliphatic heterocycles. The molecule has 0 fully saturated rings. The van der Waals surface area contributed by atoms with Gasteiger partial charge in [-0.3, -0.25) is 4.79 Å². The fraction of sp³-hybridized carbons (Fsp3) is 0. The Bertz CT molecular complexity index is 809. The van der Waals surface area contributed by atoms with Crippen molar-refractivity contribution in [3.63, 3.8) is 0 Å². The topological polar surface area (TPSA) is 63.2 Å². The number of carbonyl (C=O) groups is 1. The van der Waals surface area contributed by atoms with E-state index >= 15 is 0 Å². The van der Waals surface area contributed by atoms with Crippen LogP contribution in [-0.2, 0) is 10.2 Å². The van der Waals surface area contributed by atoms with E-state index in [-0.39, 0.29) is 21.3 Å². The largest absolute Gasteiger partial charge is 0.334 e. The molecule has 110 valence electrons. The van der Waals surface area contributed by atoms with Crippen molar-refractivity contribution in [3.8, 4) is 0 Å². The highest BCUT2D eigenvalue weighted by molar-refractivity contribution is 7.86. The zero-order valence-corrected chi connectivity index (χ0v) is 12.6. The lowest BCUT2D eigenvalue weighted by Crippen LogP contribution is -2.14. The van der Waals surface area contributed by atoms with Gasteiger partial charge in [-0.2, -0.15) is 8.42 Å². The predicted octanol–water partition coefficient (Wildman–Crippen LogP) is 3.90. The maximum absolute atomic E-state index is 13.2. The van der Waals surface area contributed by atoms with Gasteiger partial charge in [0.25, 0.3) is 5.91 Å². The second kappa shape index (κ2) is 6.01. The molecule has 8 heteroatoms. The first-order chi connectivity index (χ1) is 9.79. The summed E-state index contributed by atoms with van der Waals surface area (Å²) >= 11 is 11.6. The molecule has 0 radical (unpaired) electrons. The van der Waals surface area contributed by atoms with Gasteiger partial charge in [0.15, 0.2) is 0 Å². The quantitative estimate of drug-likeness (QED) is 0.856. The normalized spacial score (nSPS) is 11.2. The number of hydrogen-bond acceptors (Lipinski definition) is 3. The van der Waals surface area contributed by atoms with E-state index < -0.39 is 21.0 Å². The second-order valence-electron chi connectivity index (χ2n) is 4.01. The fourth-order valence-corrected chi connectivity index (χ4v) is 2.64. The Labute approximate surface area is 130 Å². The van der Waals surface area contributed by atoms with Gasteiger partial charge in [0.1, 0.15) is 4.90 Å². The van der Waals surface area contributed by atoms with Crippen LogP contribution < -0.4 is 5.32 Å². The predicted molar refractivity (Wildman–Crippen MR) is 79.2 cm³/mol. The number of carbonyl (C=O) groups excluding carboxylic acids is 1. The SMILES string of the molecule is O=C(Nc1ccccc1S(=O)(=O)F)c1cc(Cl)ccc1Cl. The van der Waals surface area contributed by atoms with Crippen LogP contribution in [0.4, 0.5) is 9.57 Å². The van der Waals surface area contributed by atoms with Crippen molar-refractivity contribution in [1.29, 1.82) is 0 Å².